The van der Waals surface area contributed by atoms with E-state index in [-0.39, 0.29) is 0 Å². The zero-order chi connectivity index (χ0) is 10.8. The Bertz CT molecular complexity index is 194. The molecular weight excluding hydrogens is 188 g/mol. The molecule has 0 aromatic carbocycles. The highest BCUT2D eigenvalue weighted by atomic mass is 16.5. The Hall–Kier alpha value is -0.120. The predicted octanol–water partition coefficient (Wildman–Crippen LogP) is 1.24. The van der Waals surface area contributed by atoms with Crippen LogP contribution < -0.4 is 5.32 Å². The van der Waals surface area contributed by atoms with Crippen molar-refractivity contribution in [2.75, 3.05) is 20.1 Å². The molecule has 0 aliphatic carbocycles. The first kappa shape index (κ1) is 11.4. The summed E-state index contributed by atoms with van der Waals surface area (Å²) in [7, 11) is 2.28. The van der Waals surface area contributed by atoms with Crippen LogP contribution in [0.3, 0.4) is 0 Å². The minimum atomic E-state index is 0.426. The molecule has 0 radical (unpaired) electrons. The van der Waals surface area contributed by atoms with Crippen molar-refractivity contribution in [3.63, 3.8) is 0 Å². The first-order chi connectivity index (χ1) is 7.16. The summed E-state index contributed by atoms with van der Waals surface area (Å²) >= 11 is 0. The van der Waals surface area contributed by atoms with Gasteiger partial charge in [0.2, 0.25) is 0 Å². The Morgan fingerprint density at radius 1 is 1.13 bits per heavy atom. The third-order valence-electron chi connectivity index (χ3n) is 3.86. The van der Waals surface area contributed by atoms with Crippen LogP contribution >= 0.6 is 0 Å². The first-order valence-electron chi connectivity index (χ1n) is 6.25. The van der Waals surface area contributed by atoms with Crippen LogP contribution in [0, 0.1) is 0 Å². The molecule has 0 aromatic heterocycles. The van der Waals surface area contributed by atoms with E-state index in [4.69, 9.17) is 4.74 Å². The molecule has 0 bridgehead atoms. The lowest BCUT2D eigenvalue weighted by atomic mass is 9.97. The highest BCUT2D eigenvalue weighted by Gasteiger charge is 2.31. The second-order valence-electron chi connectivity index (χ2n) is 5.19. The van der Waals surface area contributed by atoms with Crippen LogP contribution in [-0.4, -0.2) is 49.3 Å². The van der Waals surface area contributed by atoms with Gasteiger partial charge in [0.1, 0.15) is 0 Å². The number of rotatable bonds is 2. The largest absolute Gasteiger partial charge is 0.375 e. The Balaban J connectivity index is 1.90. The number of nitrogens with zero attached hydrogens (tertiary/aromatic N) is 1. The van der Waals surface area contributed by atoms with Crippen LogP contribution in [0.15, 0.2) is 0 Å². The summed E-state index contributed by atoms with van der Waals surface area (Å²) in [5, 5.41) is 3.44. The third kappa shape index (κ3) is 2.71. The predicted molar refractivity (Wildman–Crippen MR) is 62.1 cm³/mol. The van der Waals surface area contributed by atoms with Gasteiger partial charge in [0.25, 0.3) is 0 Å². The van der Waals surface area contributed by atoms with Crippen molar-refractivity contribution in [3.05, 3.63) is 0 Å². The standard InChI is InChI=1S/C12H24N2O/c1-9-6-12(7-10(2)15-9)14(3)11-4-5-13-8-11/h9-13H,4-8H2,1-3H3. The molecule has 3 nitrogen and oxygen atoms in total. The van der Waals surface area contributed by atoms with Crippen LogP contribution in [0.5, 0.6) is 0 Å². The molecule has 2 aliphatic rings. The maximum absolute atomic E-state index is 5.79. The lowest BCUT2D eigenvalue weighted by Gasteiger charge is -2.40. The van der Waals surface area contributed by atoms with Crippen LogP contribution in [0.4, 0.5) is 0 Å². The van der Waals surface area contributed by atoms with Crippen molar-refractivity contribution in [2.24, 2.45) is 0 Å². The molecule has 88 valence electrons. The van der Waals surface area contributed by atoms with Gasteiger partial charge in [0.05, 0.1) is 12.2 Å². The molecule has 2 saturated heterocycles. The summed E-state index contributed by atoms with van der Waals surface area (Å²) in [5.74, 6) is 0. The van der Waals surface area contributed by atoms with Gasteiger partial charge in [-0.2, -0.15) is 0 Å². The Labute approximate surface area is 93.2 Å². The molecule has 0 amide bonds. The van der Waals surface area contributed by atoms with Gasteiger partial charge >= 0.3 is 0 Å². The number of hydrogen-bond donors (Lipinski definition) is 1. The summed E-state index contributed by atoms with van der Waals surface area (Å²) in [5.41, 5.74) is 0. The average molecular weight is 212 g/mol. The quantitative estimate of drug-likeness (QED) is 0.745. The topological polar surface area (TPSA) is 24.5 Å². The van der Waals surface area contributed by atoms with Crippen molar-refractivity contribution >= 4 is 0 Å². The molecule has 1 N–H and O–H groups in total. The van der Waals surface area contributed by atoms with E-state index in [1.807, 2.05) is 0 Å². The van der Waals surface area contributed by atoms with E-state index in [1.165, 1.54) is 25.8 Å². The van der Waals surface area contributed by atoms with Crippen molar-refractivity contribution in [3.8, 4) is 0 Å². The van der Waals surface area contributed by atoms with Crippen LogP contribution in [0.25, 0.3) is 0 Å². The number of nitrogens with one attached hydrogen (secondary N) is 1. The van der Waals surface area contributed by atoms with Crippen molar-refractivity contribution in [2.45, 2.75) is 57.4 Å². The van der Waals surface area contributed by atoms with E-state index in [0.29, 0.717) is 18.2 Å². The minimum absolute atomic E-state index is 0.426. The minimum Gasteiger partial charge on any atom is -0.375 e. The molecule has 3 unspecified atom stereocenters. The monoisotopic (exact) mass is 212 g/mol. The van der Waals surface area contributed by atoms with Gasteiger partial charge < -0.3 is 10.1 Å². The average Bonchev–Trinajstić information content (AvgIpc) is 2.67. The maximum Gasteiger partial charge on any atom is 0.0565 e. The first-order valence-corrected chi connectivity index (χ1v) is 6.25. The van der Waals surface area contributed by atoms with E-state index in [2.05, 4.69) is 31.1 Å². The Kier molecular flexibility index (Phi) is 3.65. The lowest BCUT2D eigenvalue weighted by molar-refractivity contribution is -0.0662. The molecule has 15 heavy (non-hydrogen) atoms. The molecular formula is C12H24N2O. The van der Waals surface area contributed by atoms with Gasteiger partial charge in [-0.3, -0.25) is 4.90 Å². The normalized spacial score (nSPS) is 42.4. The van der Waals surface area contributed by atoms with Gasteiger partial charge in [0.15, 0.2) is 0 Å². The van der Waals surface area contributed by atoms with E-state index in [0.717, 1.165) is 12.6 Å². The second-order valence-corrected chi connectivity index (χ2v) is 5.19. The maximum atomic E-state index is 5.79. The summed E-state index contributed by atoms with van der Waals surface area (Å²) < 4.78 is 5.79. The summed E-state index contributed by atoms with van der Waals surface area (Å²) in [6.07, 6.45) is 4.54. The third-order valence-corrected chi connectivity index (χ3v) is 3.86. The molecule has 0 saturated carbocycles. The molecule has 3 atom stereocenters. The Morgan fingerprint density at radius 2 is 1.80 bits per heavy atom. The summed E-state index contributed by atoms with van der Waals surface area (Å²) in [6.45, 7) is 6.74. The van der Waals surface area contributed by atoms with Gasteiger partial charge in [-0.05, 0) is 46.7 Å². The SMILES string of the molecule is CC1CC(N(C)C2CCNC2)CC(C)O1. The van der Waals surface area contributed by atoms with Crippen LogP contribution in [-0.2, 0) is 4.74 Å². The molecule has 2 heterocycles. The van der Waals surface area contributed by atoms with E-state index in [9.17, 15) is 0 Å². The van der Waals surface area contributed by atoms with Crippen LogP contribution in [0.2, 0.25) is 0 Å². The fourth-order valence-corrected chi connectivity index (χ4v) is 2.99. The number of ether oxygens (including phenoxy) is 1. The van der Waals surface area contributed by atoms with Gasteiger partial charge in [-0.25, -0.2) is 0 Å². The van der Waals surface area contributed by atoms with Gasteiger partial charge in [-0.1, -0.05) is 0 Å². The highest BCUT2D eigenvalue weighted by molar-refractivity contribution is 4.87. The van der Waals surface area contributed by atoms with Gasteiger partial charge in [-0.15, -0.1) is 0 Å². The lowest BCUT2D eigenvalue weighted by Crippen LogP contribution is -2.47. The number of likely N-dealkylation sites (N-methyl/N-ethyl adjacent to an activating group) is 1. The summed E-state index contributed by atoms with van der Waals surface area (Å²) in [6, 6.07) is 1.46. The highest BCUT2D eigenvalue weighted by Crippen LogP contribution is 2.25. The molecule has 3 heteroatoms. The van der Waals surface area contributed by atoms with Crippen LogP contribution in [0.1, 0.15) is 33.1 Å². The fourth-order valence-electron chi connectivity index (χ4n) is 2.99. The van der Waals surface area contributed by atoms with E-state index < -0.39 is 0 Å². The summed E-state index contributed by atoms with van der Waals surface area (Å²) in [4.78, 5) is 2.58. The zero-order valence-corrected chi connectivity index (χ0v) is 10.2. The molecule has 2 rings (SSSR count). The molecule has 0 aromatic rings. The number of hydrogen-bond acceptors (Lipinski definition) is 3. The Morgan fingerprint density at radius 3 is 2.33 bits per heavy atom. The fraction of sp³-hybridized carbons (Fsp3) is 1.00. The van der Waals surface area contributed by atoms with E-state index in [1.54, 1.807) is 0 Å². The van der Waals surface area contributed by atoms with E-state index >= 15 is 0 Å². The van der Waals surface area contributed by atoms with Gasteiger partial charge in [0, 0.05) is 18.6 Å². The second kappa shape index (κ2) is 4.81. The molecule has 2 fully saturated rings. The van der Waals surface area contributed by atoms with Crippen molar-refractivity contribution in [1.29, 1.82) is 0 Å². The smallest absolute Gasteiger partial charge is 0.0565 e. The van der Waals surface area contributed by atoms with Crippen molar-refractivity contribution in [1.82, 2.24) is 10.2 Å². The van der Waals surface area contributed by atoms with Crippen molar-refractivity contribution < 1.29 is 4.74 Å². The molecule has 0 spiro atoms. The molecule has 2 aliphatic heterocycles. The zero-order valence-electron chi connectivity index (χ0n) is 10.2.